The highest BCUT2D eigenvalue weighted by molar-refractivity contribution is 6.03. The average molecular weight is 464 g/mol. The van der Waals surface area contributed by atoms with E-state index in [4.69, 9.17) is 9.57 Å². The van der Waals surface area contributed by atoms with Crippen LogP contribution in [0.5, 0.6) is 11.5 Å². The third kappa shape index (κ3) is 3.58. The lowest BCUT2D eigenvalue weighted by atomic mass is 9.94. The number of methoxy groups -OCH3 is 1. The van der Waals surface area contributed by atoms with E-state index < -0.39 is 18.1 Å². The van der Waals surface area contributed by atoms with Crippen molar-refractivity contribution in [2.24, 2.45) is 5.16 Å². The number of phenolic OH excluding ortho intramolecular Hbond substituents is 1. The highest BCUT2D eigenvalue weighted by atomic mass is 19.1. The van der Waals surface area contributed by atoms with Crippen molar-refractivity contribution < 1.29 is 24.2 Å². The number of hydrogen-bond donors (Lipinski definition) is 2. The van der Waals surface area contributed by atoms with Crippen LogP contribution in [-0.4, -0.2) is 50.8 Å². The first kappa shape index (κ1) is 22.0. The van der Waals surface area contributed by atoms with Crippen molar-refractivity contribution in [2.75, 3.05) is 20.3 Å². The molecule has 2 aromatic carbocycles. The molecular weight excluding hydrogens is 439 g/mol. The molecule has 0 spiro atoms. The van der Waals surface area contributed by atoms with Gasteiger partial charge < -0.3 is 29.3 Å². The van der Waals surface area contributed by atoms with Crippen molar-refractivity contribution in [1.82, 2.24) is 14.5 Å². The minimum absolute atomic E-state index is 0.262. The molecule has 9 heteroatoms. The number of amidine groups is 1. The first-order valence-corrected chi connectivity index (χ1v) is 11.0. The molecule has 0 saturated carbocycles. The van der Waals surface area contributed by atoms with E-state index in [2.05, 4.69) is 10.1 Å². The van der Waals surface area contributed by atoms with Gasteiger partial charge in [0, 0.05) is 18.8 Å². The molecule has 0 aliphatic carbocycles. The van der Waals surface area contributed by atoms with Gasteiger partial charge >= 0.3 is 0 Å². The molecular formula is C25H25FN4O4. The van der Waals surface area contributed by atoms with Crippen LogP contribution in [0.3, 0.4) is 0 Å². The van der Waals surface area contributed by atoms with Gasteiger partial charge in [0.2, 0.25) is 0 Å². The number of aryl methyl sites for hydroxylation is 1. The molecule has 1 fully saturated rings. The summed E-state index contributed by atoms with van der Waals surface area (Å²) in [6, 6.07) is 9.54. The van der Waals surface area contributed by atoms with Gasteiger partial charge in [0.15, 0.2) is 5.84 Å². The molecule has 8 nitrogen and oxygen atoms in total. The Hall–Kier alpha value is -3.85. The van der Waals surface area contributed by atoms with Gasteiger partial charge in [-0.25, -0.2) is 9.37 Å². The number of oxime groups is 1. The number of benzene rings is 2. The molecule has 0 radical (unpaired) electrons. The number of ether oxygens (including phenoxy) is 1. The number of nitrogens with zero attached hydrogens (tertiary/aromatic N) is 4. The average Bonchev–Trinajstić information content (AvgIpc) is 3.44. The Morgan fingerprint density at radius 1 is 1.26 bits per heavy atom. The van der Waals surface area contributed by atoms with Crippen LogP contribution in [0.1, 0.15) is 29.7 Å². The third-order valence-corrected chi connectivity index (χ3v) is 6.22. The van der Waals surface area contributed by atoms with Crippen LogP contribution in [-0.2, 0) is 10.6 Å². The van der Waals surface area contributed by atoms with E-state index in [0.29, 0.717) is 18.1 Å². The molecule has 1 atom stereocenters. The van der Waals surface area contributed by atoms with Gasteiger partial charge in [-0.3, -0.25) is 0 Å². The lowest BCUT2D eigenvalue weighted by Crippen LogP contribution is -2.51. The molecule has 3 aromatic rings. The first-order valence-electron chi connectivity index (χ1n) is 11.0. The lowest BCUT2D eigenvalue weighted by Gasteiger charge is -2.39. The molecule has 3 heterocycles. The van der Waals surface area contributed by atoms with Gasteiger partial charge in [-0.05, 0) is 61.2 Å². The molecule has 1 aromatic heterocycles. The van der Waals surface area contributed by atoms with E-state index in [9.17, 15) is 14.6 Å². The van der Waals surface area contributed by atoms with E-state index in [1.165, 1.54) is 12.1 Å². The fourth-order valence-corrected chi connectivity index (χ4v) is 4.56. The number of aliphatic hydroxyl groups is 1. The summed E-state index contributed by atoms with van der Waals surface area (Å²) < 4.78 is 21.1. The fourth-order valence-electron chi connectivity index (χ4n) is 4.56. The predicted molar refractivity (Wildman–Crippen MR) is 124 cm³/mol. The number of aromatic nitrogens is 2. The summed E-state index contributed by atoms with van der Waals surface area (Å²) in [7, 11) is 1.63. The molecule has 2 aliphatic rings. The minimum atomic E-state index is -1.41. The van der Waals surface area contributed by atoms with E-state index in [1.54, 1.807) is 13.4 Å². The van der Waals surface area contributed by atoms with E-state index in [1.807, 2.05) is 46.9 Å². The first-order chi connectivity index (χ1) is 16.4. The fraction of sp³-hybridized carbons (Fsp3) is 0.280. The monoisotopic (exact) mass is 464 g/mol. The third-order valence-electron chi connectivity index (χ3n) is 6.22. The Bertz CT molecular complexity index is 1300. The Kier molecular flexibility index (Phi) is 5.49. The molecule has 176 valence electrons. The van der Waals surface area contributed by atoms with Crippen molar-refractivity contribution >= 4 is 11.9 Å². The van der Waals surface area contributed by atoms with Gasteiger partial charge in [0.05, 0.1) is 30.4 Å². The summed E-state index contributed by atoms with van der Waals surface area (Å²) in [4.78, 5) is 11.8. The highest BCUT2D eigenvalue weighted by Gasteiger charge is 2.50. The summed E-state index contributed by atoms with van der Waals surface area (Å²) in [5.41, 5.74) is 2.49. The molecule has 0 amide bonds. The highest BCUT2D eigenvalue weighted by Crippen LogP contribution is 2.43. The summed E-state index contributed by atoms with van der Waals surface area (Å²) in [5.74, 6) is 0.412. The summed E-state index contributed by atoms with van der Waals surface area (Å²) in [5, 5.41) is 25.0. The van der Waals surface area contributed by atoms with Gasteiger partial charge in [0.1, 0.15) is 23.9 Å². The SMILES string of the molecule is COc1cc(/C=C2\CCCN3C2=NOC3(CO)c2ccc(F)cc2O)ccc1-n1cnc(C)c1. The van der Waals surface area contributed by atoms with E-state index in [0.717, 1.165) is 41.4 Å². The molecule has 34 heavy (non-hydrogen) atoms. The van der Waals surface area contributed by atoms with Crippen molar-refractivity contribution in [2.45, 2.75) is 25.5 Å². The number of phenols is 1. The Labute approximate surface area is 196 Å². The topological polar surface area (TPSA) is 92.3 Å². The van der Waals surface area contributed by atoms with Crippen LogP contribution in [0.15, 0.2) is 59.7 Å². The van der Waals surface area contributed by atoms with Crippen LogP contribution in [0.25, 0.3) is 11.8 Å². The maximum absolute atomic E-state index is 13.6. The molecule has 1 saturated heterocycles. The number of fused-ring (bicyclic) bond motifs is 1. The van der Waals surface area contributed by atoms with Crippen LogP contribution < -0.4 is 4.74 Å². The Morgan fingerprint density at radius 2 is 2.12 bits per heavy atom. The smallest absolute Gasteiger partial charge is 0.263 e. The second-order valence-electron chi connectivity index (χ2n) is 8.39. The number of piperidine rings is 1. The minimum Gasteiger partial charge on any atom is -0.507 e. The van der Waals surface area contributed by atoms with Crippen molar-refractivity contribution in [3.8, 4) is 17.2 Å². The summed E-state index contributed by atoms with van der Waals surface area (Å²) >= 11 is 0. The summed E-state index contributed by atoms with van der Waals surface area (Å²) in [6.45, 7) is 2.04. The van der Waals surface area contributed by atoms with Gasteiger partial charge in [-0.1, -0.05) is 11.2 Å². The molecule has 2 N–H and O–H groups in total. The normalized spacial score (nSPS) is 20.8. The van der Waals surface area contributed by atoms with Gasteiger partial charge in [-0.2, -0.15) is 0 Å². The van der Waals surface area contributed by atoms with Gasteiger partial charge in [-0.15, -0.1) is 0 Å². The maximum atomic E-state index is 13.6. The number of imidazole rings is 1. The zero-order chi connectivity index (χ0) is 23.9. The second-order valence-corrected chi connectivity index (χ2v) is 8.39. The standard InChI is InChI=1S/C25H25FN4O4/c1-16-13-29(15-27-16)21-8-5-17(11-23(21)33-2)10-18-4-3-9-30-24(18)28-34-25(30,14-31)20-7-6-19(26)12-22(20)32/h5-8,10-13,15,31-32H,3-4,9,14H2,1-2H3/b18-10+. The molecule has 5 rings (SSSR count). The Morgan fingerprint density at radius 3 is 2.82 bits per heavy atom. The number of aromatic hydroxyl groups is 1. The van der Waals surface area contributed by atoms with E-state index >= 15 is 0 Å². The van der Waals surface area contributed by atoms with Crippen LogP contribution in [0.2, 0.25) is 0 Å². The number of aliphatic hydroxyl groups excluding tert-OH is 1. The van der Waals surface area contributed by atoms with E-state index in [-0.39, 0.29) is 11.3 Å². The Balaban J connectivity index is 1.49. The second kappa shape index (κ2) is 8.49. The predicted octanol–water partition coefficient (Wildman–Crippen LogP) is 3.70. The largest absolute Gasteiger partial charge is 0.507 e. The van der Waals surface area contributed by atoms with Crippen molar-refractivity contribution in [1.29, 1.82) is 0 Å². The maximum Gasteiger partial charge on any atom is 0.263 e. The number of rotatable bonds is 5. The zero-order valence-electron chi connectivity index (χ0n) is 18.9. The van der Waals surface area contributed by atoms with Crippen LogP contribution in [0.4, 0.5) is 4.39 Å². The number of halogens is 1. The molecule has 0 bridgehead atoms. The number of hydrogen-bond acceptors (Lipinski definition) is 7. The lowest BCUT2D eigenvalue weighted by molar-refractivity contribution is -0.138. The van der Waals surface area contributed by atoms with Gasteiger partial charge in [0.25, 0.3) is 5.72 Å². The summed E-state index contributed by atoms with van der Waals surface area (Å²) in [6.07, 6.45) is 7.24. The van der Waals surface area contributed by atoms with Crippen molar-refractivity contribution in [3.63, 3.8) is 0 Å². The molecule has 1 unspecified atom stereocenters. The quantitative estimate of drug-likeness (QED) is 0.598. The van der Waals surface area contributed by atoms with Crippen LogP contribution in [0, 0.1) is 12.7 Å². The van der Waals surface area contributed by atoms with Crippen molar-refractivity contribution in [3.05, 3.63) is 77.1 Å². The molecule has 2 aliphatic heterocycles. The van der Waals surface area contributed by atoms with Crippen LogP contribution >= 0.6 is 0 Å². The zero-order valence-corrected chi connectivity index (χ0v) is 18.9.